The van der Waals surface area contributed by atoms with E-state index in [-0.39, 0.29) is 36.1 Å². The van der Waals surface area contributed by atoms with E-state index >= 15 is 0 Å². The first-order valence-electron chi connectivity index (χ1n) is 11.3. The third-order valence-corrected chi connectivity index (χ3v) is 7.11. The van der Waals surface area contributed by atoms with Gasteiger partial charge in [0.1, 0.15) is 12.6 Å². The predicted octanol–water partition coefficient (Wildman–Crippen LogP) is 1.19. The summed E-state index contributed by atoms with van der Waals surface area (Å²) in [5.41, 5.74) is 7.37. The smallest absolute Gasteiger partial charge is 0.269 e. The number of carbonyl (C=O) groups excluding carboxylic acids is 3. The molecular formula is C24H24N6O3. The number of fused-ring (bicyclic) bond motifs is 2. The van der Waals surface area contributed by atoms with E-state index in [2.05, 4.69) is 27.5 Å². The predicted molar refractivity (Wildman–Crippen MR) is 119 cm³/mol. The molecular weight excluding hydrogens is 420 g/mol. The van der Waals surface area contributed by atoms with Gasteiger partial charge in [-0.05, 0) is 36.8 Å². The Balaban J connectivity index is 1.18. The largest absolute Gasteiger partial charge is 0.364 e. The van der Waals surface area contributed by atoms with Gasteiger partial charge in [-0.2, -0.15) is 5.10 Å². The average molecular weight is 444 g/mol. The molecule has 0 bridgehead atoms. The number of hydrogen-bond donors (Lipinski definition) is 2. The molecule has 1 saturated heterocycles. The number of benzene rings is 1. The number of aromatic nitrogens is 3. The minimum Gasteiger partial charge on any atom is -0.364 e. The van der Waals surface area contributed by atoms with Crippen LogP contribution in [0.5, 0.6) is 0 Å². The van der Waals surface area contributed by atoms with E-state index in [4.69, 9.17) is 5.73 Å². The Morgan fingerprint density at radius 1 is 1.09 bits per heavy atom. The number of piperidine rings is 1. The number of rotatable bonds is 6. The van der Waals surface area contributed by atoms with Gasteiger partial charge in [-0.3, -0.25) is 24.0 Å². The van der Waals surface area contributed by atoms with E-state index in [1.807, 2.05) is 18.2 Å². The number of primary amides is 1. The summed E-state index contributed by atoms with van der Waals surface area (Å²) in [6.07, 6.45) is 5.66. The number of nitrogens with zero attached hydrogens (tertiary/aromatic N) is 4. The first-order chi connectivity index (χ1) is 16.0. The van der Waals surface area contributed by atoms with Gasteiger partial charge >= 0.3 is 0 Å². The third-order valence-electron chi connectivity index (χ3n) is 7.11. The molecule has 6 rings (SSSR count). The molecule has 1 aliphatic heterocycles. The van der Waals surface area contributed by atoms with E-state index < -0.39 is 11.9 Å². The highest BCUT2D eigenvalue weighted by Crippen LogP contribution is 2.48. The highest BCUT2D eigenvalue weighted by molar-refractivity contribution is 6.04. The van der Waals surface area contributed by atoms with Crippen molar-refractivity contribution < 1.29 is 14.4 Å². The molecule has 3 aromatic rings. The second-order valence-corrected chi connectivity index (χ2v) is 9.25. The van der Waals surface area contributed by atoms with Crippen LogP contribution in [0.3, 0.4) is 0 Å². The van der Waals surface area contributed by atoms with Crippen molar-refractivity contribution in [2.75, 3.05) is 0 Å². The molecule has 5 atom stereocenters. The van der Waals surface area contributed by atoms with E-state index in [1.54, 1.807) is 23.4 Å². The lowest BCUT2D eigenvalue weighted by atomic mass is 10.1. The van der Waals surface area contributed by atoms with Crippen LogP contribution in [0.4, 0.5) is 0 Å². The molecule has 0 spiro atoms. The Morgan fingerprint density at radius 3 is 2.70 bits per heavy atom. The Kier molecular flexibility index (Phi) is 4.46. The Bertz CT molecular complexity index is 1270. The third kappa shape index (κ3) is 3.44. The molecule has 2 unspecified atom stereocenters. The molecule has 2 aromatic heterocycles. The van der Waals surface area contributed by atoms with Crippen LogP contribution in [0.15, 0.2) is 48.8 Å². The van der Waals surface area contributed by atoms with Gasteiger partial charge < -0.3 is 16.0 Å². The molecule has 9 heteroatoms. The molecule has 3 fully saturated rings. The zero-order valence-electron chi connectivity index (χ0n) is 17.9. The van der Waals surface area contributed by atoms with Gasteiger partial charge in [0, 0.05) is 29.6 Å². The number of amides is 3. The van der Waals surface area contributed by atoms with E-state index in [0.717, 1.165) is 12.8 Å². The summed E-state index contributed by atoms with van der Waals surface area (Å²) >= 11 is 0. The fourth-order valence-corrected chi connectivity index (χ4v) is 5.28. The average Bonchev–Trinajstić information content (AvgIpc) is 3.70. The van der Waals surface area contributed by atoms with Crippen LogP contribution < -0.4 is 11.1 Å². The summed E-state index contributed by atoms with van der Waals surface area (Å²) in [5, 5.41) is 7.98. The van der Waals surface area contributed by atoms with Crippen LogP contribution in [-0.2, 0) is 16.1 Å². The lowest BCUT2D eigenvalue weighted by molar-refractivity contribution is -0.140. The summed E-state index contributed by atoms with van der Waals surface area (Å²) < 4.78 is 1.46. The Hall–Kier alpha value is -3.75. The van der Waals surface area contributed by atoms with Crippen molar-refractivity contribution in [2.24, 2.45) is 11.7 Å². The van der Waals surface area contributed by atoms with Crippen molar-refractivity contribution in [1.82, 2.24) is 25.0 Å². The lowest BCUT2D eigenvalue weighted by Crippen LogP contribution is -2.49. The van der Waals surface area contributed by atoms with Gasteiger partial charge in [-0.1, -0.05) is 30.3 Å². The number of pyridine rings is 1. The molecule has 2 saturated carbocycles. The summed E-state index contributed by atoms with van der Waals surface area (Å²) in [6.45, 7) is -0.0709. The van der Waals surface area contributed by atoms with Crippen LogP contribution in [0.1, 0.15) is 41.2 Å². The van der Waals surface area contributed by atoms with Gasteiger partial charge in [-0.25, -0.2) is 0 Å². The molecule has 3 aliphatic rings. The Morgan fingerprint density at radius 2 is 1.91 bits per heavy atom. The summed E-state index contributed by atoms with van der Waals surface area (Å²) in [4.78, 5) is 44.0. The van der Waals surface area contributed by atoms with Crippen molar-refractivity contribution >= 4 is 28.6 Å². The minimum atomic E-state index is -0.657. The Labute approximate surface area is 189 Å². The van der Waals surface area contributed by atoms with Gasteiger partial charge in [-0.15, -0.1) is 0 Å². The first kappa shape index (κ1) is 19.9. The van der Waals surface area contributed by atoms with Crippen molar-refractivity contribution in [1.29, 1.82) is 0 Å². The van der Waals surface area contributed by atoms with Crippen molar-refractivity contribution in [3.63, 3.8) is 0 Å². The van der Waals surface area contributed by atoms with Gasteiger partial charge in [0.05, 0.1) is 11.7 Å². The van der Waals surface area contributed by atoms with Crippen LogP contribution in [0, 0.1) is 5.92 Å². The number of likely N-dealkylation sites (tertiary alicyclic amines) is 1. The van der Waals surface area contributed by atoms with Crippen LogP contribution in [-0.4, -0.2) is 55.5 Å². The zero-order chi connectivity index (χ0) is 22.7. The van der Waals surface area contributed by atoms with Crippen LogP contribution in [0.25, 0.3) is 10.9 Å². The summed E-state index contributed by atoms with van der Waals surface area (Å²) in [7, 11) is 0. The molecule has 33 heavy (non-hydrogen) atoms. The van der Waals surface area contributed by atoms with E-state index in [0.29, 0.717) is 29.2 Å². The number of carbonyl (C=O) groups is 3. The molecule has 2 aliphatic carbocycles. The van der Waals surface area contributed by atoms with E-state index in [1.165, 1.54) is 10.2 Å². The molecule has 1 aromatic carbocycles. The van der Waals surface area contributed by atoms with Crippen LogP contribution >= 0.6 is 0 Å². The van der Waals surface area contributed by atoms with Gasteiger partial charge in [0.2, 0.25) is 11.8 Å². The number of hydrogen-bond acceptors (Lipinski definition) is 5. The molecule has 3 amide bonds. The van der Waals surface area contributed by atoms with Crippen LogP contribution in [0.2, 0.25) is 0 Å². The van der Waals surface area contributed by atoms with Crippen molar-refractivity contribution in [3.8, 4) is 0 Å². The van der Waals surface area contributed by atoms with Gasteiger partial charge in [0.15, 0.2) is 5.69 Å². The number of nitrogens with one attached hydrogen (secondary N) is 1. The minimum absolute atomic E-state index is 0.0709. The summed E-state index contributed by atoms with van der Waals surface area (Å²) in [6, 6.07) is 11.6. The second kappa shape index (κ2) is 7.40. The monoisotopic (exact) mass is 444 g/mol. The normalized spacial score (nSPS) is 27.3. The molecule has 3 heterocycles. The number of nitrogens with two attached hydrogens (primary N) is 1. The molecule has 0 radical (unpaired) electrons. The first-order valence-corrected chi connectivity index (χ1v) is 11.3. The topological polar surface area (TPSA) is 123 Å². The second-order valence-electron chi connectivity index (χ2n) is 9.25. The van der Waals surface area contributed by atoms with Crippen molar-refractivity contribution in [3.05, 3.63) is 60.0 Å². The molecule has 9 nitrogen and oxygen atoms in total. The maximum Gasteiger partial charge on any atom is 0.269 e. The summed E-state index contributed by atoms with van der Waals surface area (Å²) in [5.74, 6) is -0.199. The molecule has 168 valence electrons. The molecule has 3 N–H and O–H groups in total. The maximum absolute atomic E-state index is 13.3. The maximum atomic E-state index is 13.3. The zero-order valence-corrected chi connectivity index (χ0v) is 17.9. The fourth-order valence-electron chi connectivity index (χ4n) is 5.28. The standard InChI is InChI=1S/C24H24N6O3/c25-23(32)22-15-6-7-26-11-20(15)29(28-22)12-21(31)30-18-8-14(18)9-19(30)24(33)27-17-10-16(17)13-4-2-1-3-5-13/h1-7,11,14,16-19H,8-10,12H2,(H2,25,32)(H,27,33)/t14-,16?,17?,18-,19+/m1/s1. The van der Waals surface area contributed by atoms with E-state index in [9.17, 15) is 14.4 Å². The fraction of sp³-hybridized carbons (Fsp3) is 0.375. The SMILES string of the molecule is NC(=O)c1nn(CC(=O)N2[C@@H]3C[C@@H]3C[C@H]2C(=O)NC2CC2c2ccccc2)c2cnccc12. The van der Waals surface area contributed by atoms with Crippen molar-refractivity contribution in [2.45, 2.75) is 49.9 Å². The highest BCUT2D eigenvalue weighted by Gasteiger charge is 2.56. The quantitative estimate of drug-likeness (QED) is 0.591. The highest BCUT2D eigenvalue weighted by atomic mass is 16.2. The lowest BCUT2D eigenvalue weighted by Gasteiger charge is -2.27. The van der Waals surface area contributed by atoms with Gasteiger partial charge in [0.25, 0.3) is 5.91 Å².